The molecule has 2 atom stereocenters. The molecule has 7 rings (SSSR count). The Morgan fingerprint density at radius 1 is 0.651 bits per heavy atom. The lowest BCUT2D eigenvalue weighted by atomic mass is 9.93. The lowest BCUT2D eigenvalue weighted by Gasteiger charge is -2.30. The SMILES string of the molecule is C/C=C/C[C@@H](C)NC(=O)C(C)NC(=O)CCCCCN1C(=O)C=CC1=O.C/C=C\CC.C=O.CNCC(=O)N(CCCNCCN1C(=O)c2cccc3cc([N+](=O)[O-])cc(c23)C1=O)CCN1C(=O)c2cccc3cc([N+](=O)[O-])cc(c23)C1=O. The lowest BCUT2D eigenvalue weighted by Crippen LogP contribution is -2.47. The van der Waals surface area contributed by atoms with Crippen LogP contribution < -0.4 is 21.3 Å². The van der Waals surface area contributed by atoms with Crippen LogP contribution in [0.25, 0.3) is 21.5 Å². The number of benzene rings is 4. The predicted molar refractivity (Wildman–Crippen MR) is 311 cm³/mol. The van der Waals surface area contributed by atoms with Gasteiger partial charge in [-0.1, -0.05) is 61.9 Å². The van der Waals surface area contributed by atoms with Gasteiger partial charge in [0.1, 0.15) is 12.8 Å². The summed E-state index contributed by atoms with van der Waals surface area (Å²) >= 11 is 0. The number of rotatable bonds is 26. The maximum absolute atomic E-state index is 13.4. The van der Waals surface area contributed by atoms with Crippen molar-refractivity contribution in [2.75, 3.05) is 59.4 Å². The zero-order chi connectivity index (χ0) is 61.3. The quantitative estimate of drug-likeness (QED) is 0.0185. The molecule has 0 bridgehead atoms. The fourth-order valence-corrected chi connectivity index (χ4v) is 9.22. The van der Waals surface area contributed by atoms with Crippen molar-refractivity contribution in [3.8, 4) is 0 Å². The number of likely N-dealkylation sites (N-methyl/N-ethyl adjacent to an activating group) is 1. The minimum absolute atomic E-state index is 0.00413. The van der Waals surface area contributed by atoms with Gasteiger partial charge < -0.3 is 31.0 Å². The number of nitrogens with one attached hydrogen (secondary N) is 4. The van der Waals surface area contributed by atoms with Crippen LogP contribution in [0.1, 0.15) is 121 Å². The van der Waals surface area contributed by atoms with Gasteiger partial charge in [0, 0.05) is 110 Å². The third kappa shape index (κ3) is 17.9. The molecular weight excluding hydrogens is 1070 g/mol. The average molecular weight is 1150 g/mol. The molecule has 0 aromatic heterocycles. The summed E-state index contributed by atoms with van der Waals surface area (Å²) < 4.78 is 0. The van der Waals surface area contributed by atoms with Gasteiger partial charge in [0.2, 0.25) is 17.7 Å². The van der Waals surface area contributed by atoms with Crippen molar-refractivity contribution in [2.45, 2.75) is 91.6 Å². The van der Waals surface area contributed by atoms with Gasteiger partial charge in [-0.05, 0) is 96.3 Å². The van der Waals surface area contributed by atoms with Crippen molar-refractivity contribution >= 4 is 92.9 Å². The van der Waals surface area contributed by atoms with E-state index in [1.807, 2.05) is 39.7 Å². The summed E-state index contributed by atoms with van der Waals surface area (Å²) in [6.07, 6.45) is 15.3. The van der Waals surface area contributed by atoms with Crippen LogP contribution in [-0.4, -0.2) is 161 Å². The van der Waals surface area contributed by atoms with E-state index in [-0.39, 0.29) is 108 Å². The molecule has 24 heteroatoms. The number of unbranched alkanes of at least 4 members (excludes halogenated alkanes) is 2. The van der Waals surface area contributed by atoms with E-state index in [9.17, 15) is 63.4 Å². The Hall–Kier alpha value is -9.16. The van der Waals surface area contributed by atoms with Crippen LogP contribution in [0.4, 0.5) is 11.4 Å². The second kappa shape index (κ2) is 32.9. The Kier molecular flexibility index (Phi) is 26.3. The normalized spacial score (nSPS) is 14.0. The number of carbonyl (C=O) groups is 10. The summed E-state index contributed by atoms with van der Waals surface area (Å²) in [4.78, 5) is 147. The van der Waals surface area contributed by atoms with E-state index < -0.39 is 39.5 Å². The summed E-state index contributed by atoms with van der Waals surface area (Å²) in [6.45, 7) is 12.8. The molecule has 0 aliphatic carbocycles. The zero-order valence-corrected chi connectivity index (χ0v) is 47.6. The minimum Gasteiger partial charge on any atom is -0.352 e. The molecule has 4 aromatic rings. The van der Waals surface area contributed by atoms with Crippen molar-refractivity contribution in [3.05, 3.63) is 140 Å². The molecule has 3 aliphatic rings. The lowest BCUT2D eigenvalue weighted by molar-refractivity contribution is -0.384. The molecule has 9 amide bonds. The molecular formula is C59H72N10O14. The number of non-ortho nitro benzene ring substituents is 2. The first-order valence-corrected chi connectivity index (χ1v) is 27.2. The fraction of sp³-hybridized carbons (Fsp3) is 0.390. The van der Waals surface area contributed by atoms with E-state index in [4.69, 9.17) is 4.79 Å². The maximum atomic E-state index is 13.4. The molecule has 0 saturated heterocycles. The Balaban J connectivity index is 0.000000376. The number of imide groups is 3. The van der Waals surface area contributed by atoms with Gasteiger partial charge in [-0.3, -0.25) is 78.1 Å². The number of nitro groups is 2. The number of nitro benzene ring substituents is 2. The van der Waals surface area contributed by atoms with Gasteiger partial charge in [-0.2, -0.15) is 0 Å². The highest BCUT2D eigenvalue weighted by molar-refractivity contribution is 6.27. The van der Waals surface area contributed by atoms with Crippen LogP contribution in [0.15, 0.2) is 97.1 Å². The maximum Gasteiger partial charge on any atom is 0.270 e. The number of hydrogen-bond donors (Lipinski definition) is 4. The molecule has 0 radical (unpaired) electrons. The van der Waals surface area contributed by atoms with E-state index in [0.717, 1.165) is 35.1 Å². The van der Waals surface area contributed by atoms with Crippen LogP contribution in [0.2, 0.25) is 0 Å². The molecule has 83 heavy (non-hydrogen) atoms. The molecule has 4 N–H and O–H groups in total. The van der Waals surface area contributed by atoms with Gasteiger partial charge in [0.25, 0.3) is 46.8 Å². The summed E-state index contributed by atoms with van der Waals surface area (Å²) in [6, 6.07) is 14.0. The van der Waals surface area contributed by atoms with Crippen molar-refractivity contribution < 1.29 is 57.8 Å². The van der Waals surface area contributed by atoms with Crippen LogP contribution in [0, 0.1) is 20.2 Å². The Morgan fingerprint density at radius 3 is 1.67 bits per heavy atom. The zero-order valence-electron chi connectivity index (χ0n) is 47.6. The molecule has 0 fully saturated rings. The van der Waals surface area contributed by atoms with Crippen molar-refractivity contribution in [2.24, 2.45) is 0 Å². The fourth-order valence-electron chi connectivity index (χ4n) is 9.22. The number of nitrogens with zero attached hydrogens (tertiary/aromatic N) is 6. The highest BCUT2D eigenvalue weighted by Gasteiger charge is 2.36. The van der Waals surface area contributed by atoms with Crippen molar-refractivity contribution in [1.29, 1.82) is 0 Å². The van der Waals surface area contributed by atoms with Gasteiger partial charge in [0.15, 0.2) is 0 Å². The standard InChI is InChI=1S/C34H31N7O9.C19H29N3O4.C5H10.CH2O/c1-35-19-28(42)37(13-14-39-32(44)25-8-3-6-21-16-23(41(49)50)18-27(30(21)25)34(39)46)11-4-9-36-10-12-38-31(43)24-7-2-5-20-15-22(40(47)48)17-26(29(20)24)33(38)45;1-4-5-9-14(2)20-19(26)15(3)21-16(23)10-7-6-8-13-22-17(24)11-12-18(22)25;1-3-5-4-2;1-2/h2-3,5-8,15-18,35-36H,4,9-14,19H2,1H3;4-5,11-12,14-15H,6-10,13H2,1-3H3,(H,20,26)(H,21,23);3,5H,4H2,1-2H3;1H2/b;5-4+;5-3-;/t;14-,15?;;/m.1../s1. The van der Waals surface area contributed by atoms with E-state index in [1.54, 1.807) is 50.4 Å². The van der Waals surface area contributed by atoms with Gasteiger partial charge >= 0.3 is 0 Å². The first-order chi connectivity index (χ1) is 39.8. The highest BCUT2D eigenvalue weighted by Crippen LogP contribution is 2.35. The Labute approximate surface area is 480 Å². The number of amides is 9. The summed E-state index contributed by atoms with van der Waals surface area (Å²) in [5.74, 6) is -3.56. The van der Waals surface area contributed by atoms with E-state index in [2.05, 4.69) is 40.3 Å². The second-order valence-corrected chi connectivity index (χ2v) is 19.3. The molecule has 24 nitrogen and oxygen atoms in total. The Bertz CT molecular complexity index is 3160. The van der Waals surface area contributed by atoms with E-state index in [0.29, 0.717) is 60.3 Å². The second-order valence-electron chi connectivity index (χ2n) is 19.3. The Morgan fingerprint density at radius 2 is 1.18 bits per heavy atom. The minimum atomic E-state index is -0.680. The average Bonchev–Trinajstić information content (AvgIpc) is 3.77. The molecule has 3 aliphatic heterocycles. The number of allylic oxidation sites excluding steroid dienone is 3. The monoisotopic (exact) mass is 1140 g/mol. The number of hydrogen-bond acceptors (Lipinski definition) is 16. The molecule has 0 saturated carbocycles. The van der Waals surface area contributed by atoms with Crippen molar-refractivity contribution in [3.63, 3.8) is 0 Å². The summed E-state index contributed by atoms with van der Waals surface area (Å²) in [5.41, 5.74) is 0.148. The molecule has 442 valence electrons. The first kappa shape index (κ1) is 66.4. The molecule has 4 aromatic carbocycles. The third-order valence-electron chi connectivity index (χ3n) is 13.4. The molecule has 3 heterocycles. The van der Waals surface area contributed by atoms with Crippen LogP contribution >= 0.6 is 0 Å². The van der Waals surface area contributed by atoms with Crippen LogP contribution in [0.5, 0.6) is 0 Å². The van der Waals surface area contributed by atoms with Crippen molar-refractivity contribution in [1.82, 2.24) is 40.9 Å². The first-order valence-electron chi connectivity index (χ1n) is 27.2. The number of carbonyl (C=O) groups excluding carboxylic acids is 10. The predicted octanol–water partition coefficient (Wildman–Crippen LogP) is 5.96. The molecule has 1 unspecified atom stereocenters. The topological polar surface area (TPSA) is 318 Å². The van der Waals surface area contributed by atoms with Crippen LogP contribution in [0.3, 0.4) is 0 Å². The summed E-state index contributed by atoms with van der Waals surface area (Å²) in [5, 5.41) is 36.0. The van der Waals surface area contributed by atoms with Gasteiger partial charge in [-0.15, -0.1) is 0 Å². The summed E-state index contributed by atoms with van der Waals surface area (Å²) in [7, 11) is 1.61. The highest BCUT2D eigenvalue weighted by atomic mass is 16.6. The largest absolute Gasteiger partial charge is 0.352 e. The third-order valence-corrected chi connectivity index (χ3v) is 13.4. The smallest absolute Gasteiger partial charge is 0.270 e. The van der Waals surface area contributed by atoms with E-state index >= 15 is 0 Å². The van der Waals surface area contributed by atoms with E-state index in [1.165, 1.54) is 40.2 Å². The van der Waals surface area contributed by atoms with Gasteiger partial charge in [-0.25, -0.2) is 0 Å². The van der Waals surface area contributed by atoms with Crippen LogP contribution in [-0.2, 0) is 28.8 Å². The van der Waals surface area contributed by atoms with Gasteiger partial charge in [0.05, 0.1) is 27.5 Å². The molecule has 0 spiro atoms.